The van der Waals surface area contributed by atoms with Crippen molar-refractivity contribution >= 4 is 10.0 Å². The Morgan fingerprint density at radius 2 is 2.14 bits per heavy atom. The first-order valence-electron chi connectivity index (χ1n) is 4.65. The third kappa shape index (κ3) is 2.66. The van der Waals surface area contributed by atoms with Crippen molar-refractivity contribution in [2.24, 2.45) is 10.6 Å². The van der Waals surface area contributed by atoms with E-state index in [0.29, 0.717) is 13.0 Å². The number of nitrogens with two attached hydrogens (primary N) is 1. The second-order valence-corrected chi connectivity index (χ2v) is 6.18. The fourth-order valence-corrected chi connectivity index (χ4v) is 2.03. The van der Waals surface area contributed by atoms with Gasteiger partial charge in [0.25, 0.3) is 0 Å². The zero-order valence-corrected chi connectivity index (χ0v) is 9.34. The Morgan fingerprint density at radius 3 is 2.50 bits per heavy atom. The molecule has 0 heterocycles. The molecule has 6 heteroatoms. The number of aliphatic hydroxyl groups excluding tert-OH is 1. The van der Waals surface area contributed by atoms with E-state index in [1.54, 1.807) is 0 Å². The maximum atomic E-state index is 10.6. The fraction of sp³-hybridized carbons (Fsp3) is 1.00. The third-order valence-electron chi connectivity index (χ3n) is 2.99. The molecule has 1 aliphatic carbocycles. The average molecular weight is 222 g/mol. The SMILES string of the molecule is CC1(C)C(O)CC1NCCS(N)(=O)=O. The zero-order valence-electron chi connectivity index (χ0n) is 8.53. The maximum absolute atomic E-state index is 10.6. The molecule has 14 heavy (non-hydrogen) atoms. The number of rotatable bonds is 4. The Bertz CT molecular complexity index is 300. The summed E-state index contributed by atoms with van der Waals surface area (Å²) in [5.74, 6) is -0.0598. The van der Waals surface area contributed by atoms with Gasteiger partial charge in [0, 0.05) is 18.0 Å². The quantitative estimate of drug-likeness (QED) is 0.570. The van der Waals surface area contributed by atoms with Gasteiger partial charge in [-0.15, -0.1) is 0 Å². The van der Waals surface area contributed by atoms with E-state index in [4.69, 9.17) is 5.14 Å². The number of nitrogens with one attached hydrogen (secondary N) is 1. The van der Waals surface area contributed by atoms with E-state index in [2.05, 4.69) is 5.32 Å². The molecule has 0 radical (unpaired) electrons. The highest BCUT2D eigenvalue weighted by atomic mass is 32.2. The van der Waals surface area contributed by atoms with Crippen LogP contribution in [0, 0.1) is 5.41 Å². The lowest BCUT2D eigenvalue weighted by Crippen LogP contribution is -2.60. The molecule has 0 aliphatic heterocycles. The minimum atomic E-state index is -3.38. The Balaban J connectivity index is 2.28. The van der Waals surface area contributed by atoms with Gasteiger partial charge in [0.15, 0.2) is 0 Å². The van der Waals surface area contributed by atoms with Crippen LogP contribution in [0.2, 0.25) is 0 Å². The van der Waals surface area contributed by atoms with Gasteiger partial charge in [0.1, 0.15) is 0 Å². The number of sulfonamides is 1. The summed E-state index contributed by atoms with van der Waals surface area (Å²) >= 11 is 0. The van der Waals surface area contributed by atoms with Crippen LogP contribution in [0.4, 0.5) is 0 Å². The lowest BCUT2D eigenvalue weighted by Gasteiger charge is -2.49. The number of primary sulfonamides is 1. The Morgan fingerprint density at radius 1 is 1.57 bits per heavy atom. The van der Waals surface area contributed by atoms with Crippen LogP contribution in [-0.4, -0.2) is 38.0 Å². The van der Waals surface area contributed by atoms with Crippen LogP contribution in [-0.2, 0) is 10.0 Å². The molecule has 0 amide bonds. The molecule has 0 spiro atoms. The van der Waals surface area contributed by atoms with Gasteiger partial charge in [-0.2, -0.15) is 0 Å². The fourth-order valence-electron chi connectivity index (χ4n) is 1.62. The van der Waals surface area contributed by atoms with Gasteiger partial charge in [0.05, 0.1) is 11.9 Å². The lowest BCUT2D eigenvalue weighted by atomic mass is 9.64. The van der Waals surface area contributed by atoms with Gasteiger partial charge >= 0.3 is 0 Å². The number of hydrogen-bond acceptors (Lipinski definition) is 4. The predicted octanol–water partition coefficient (Wildman–Crippen LogP) is -0.976. The summed E-state index contributed by atoms with van der Waals surface area (Å²) < 4.78 is 21.3. The van der Waals surface area contributed by atoms with Crippen molar-refractivity contribution in [2.45, 2.75) is 32.4 Å². The van der Waals surface area contributed by atoms with E-state index in [1.807, 2.05) is 13.8 Å². The van der Waals surface area contributed by atoms with Crippen molar-refractivity contribution in [3.63, 3.8) is 0 Å². The molecule has 1 aliphatic rings. The standard InChI is InChI=1S/C8H18N2O3S/c1-8(2)6(5-7(8)11)10-3-4-14(9,12)13/h6-7,10-11H,3-5H2,1-2H3,(H2,9,12,13). The molecule has 1 fully saturated rings. The first kappa shape index (κ1) is 11.9. The molecule has 4 N–H and O–H groups in total. The van der Waals surface area contributed by atoms with E-state index < -0.39 is 10.0 Å². The summed E-state index contributed by atoms with van der Waals surface area (Å²) in [5, 5.41) is 17.4. The van der Waals surface area contributed by atoms with E-state index in [-0.39, 0.29) is 23.3 Å². The van der Waals surface area contributed by atoms with Crippen molar-refractivity contribution in [1.82, 2.24) is 5.32 Å². The lowest BCUT2D eigenvalue weighted by molar-refractivity contribution is -0.0716. The van der Waals surface area contributed by atoms with Gasteiger partial charge < -0.3 is 10.4 Å². The molecule has 0 aromatic carbocycles. The van der Waals surface area contributed by atoms with E-state index >= 15 is 0 Å². The van der Waals surface area contributed by atoms with Gasteiger partial charge in [-0.1, -0.05) is 13.8 Å². The van der Waals surface area contributed by atoms with Gasteiger partial charge in [0.2, 0.25) is 10.0 Å². The van der Waals surface area contributed by atoms with Gasteiger partial charge in [-0.3, -0.25) is 0 Å². The maximum Gasteiger partial charge on any atom is 0.210 e. The van der Waals surface area contributed by atoms with Crippen LogP contribution in [0.25, 0.3) is 0 Å². The topological polar surface area (TPSA) is 92.4 Å². The summed E-state index contributed by atoms with van der Waals surface area (Å²) in [7, 11) is -3.38. The van der Waals surface area contributed by atoms with Crippen molar-refractivity contribution in [2.75, 3.05) is 12.3 Å². The molecule has 1 rings (SSSR count). The summed E-state index contributed by atoms with van der Waals surface area (Å²) in [6.07, 6.45) is 0.381. The monoisotopic (exact) mass is 222 g/mol. The summed E-state index contributed by atoms with van der Waals surface area (Å²) in [6.45, 7) is 4.26. The molecule has 0 aromatic heterocycles. The first-order chi connectivity index (χ1) is 6.23. The van der Waals surface area contributed by atoms with E-state index in [9.17, 15) is 13.5 Å². The molecule has 5 nitrogen and oxygen atoms in total. The van der Waals surface area contributed by atoms with Crippen LogP contribution in [0.5, 0.6) is 0 Å². The molecule has 0 aromatic rings. The Hall–Kier alpha value is -0.170. The van der Waals surface area contributed by atoms with Crippen LogP contribution in [0.15, 0.2) is 0 Å². The Labute approximate surface area is 84.7 Å². The number of hydrogen-bond donors (Lipinski definition) is 3. The smallest absolute Gasteiger partial charge is 0.210 e. The summed E-state index contributed by atoms with van der Waals surface area (Å²) in [4.78, 5) is 0. The second kappa shape index (κ2) is 3.77. The molecule has 2 unspecified atom stereocenters. The van der Waals surface area contributed by atoms with Crippen molar-refractivity contribution in [3.8, 4) is 0 Å². The largest absolute Gasteiger partial charge is 0.392 e. The van der Waals surface area contributed by atoms with Crippen LogP contribution >= 0.6 is 0 Å². The van der Waals surface area contributed by atoms with E-state index in [0.717, 1.165) is 0 Å². The van der Waals surface area contributed by atoms with Crippen LogP contribution in [0.1, 0.15) is 20.3 Å². The van der Waals surface area contributed by atoms with Crippen LogP contribution < -0.4 is 10.5 Å². The Kier molecular flexibility index (Phi) is 3.20. The predicted molar refractivity (Wildman–Crippen MR) is 54.2 cm³/mol. The van der Waals surface area contributed by atoms with Crippen LogP contribution in [0.3, 0.4) is 0 Å². The zero-order chi connectivity index (χ0) is 11.0. The molecule has 0 bridgehead atoms. The highest BCUT2D eigenvalue weighted by molar-refractivity contribution is 7.89. The highest BCUT2D eigenvalue weighted by Gasteiger charge is 2.46. The minimum absolute atomic E-state index is 0.0598. The highest BCUT2D eigenvalue weighted by Crippen LogP contribution is 2.40. The molecule has 1 saturated carbocycles. The summed E-state index contributed by atoms with van der Waals surface area (Å²) in [6, 6.07) is 0.180. The van der Waals surface area contributed by atoms with Crippen molar-refractivity contribution < 1.29 is 13.5 Å². The molecule has 2 atom stereocenters. The van der Waals surface area contributed by atoms with Gasteiger partial charge in [-0.05, 0) is 6.42 Å². The molecule has 84 valence electrons. The molecule has 0 saturated heterocycles. The first-order valence-corrected chi connectivity index (χ1v) is 6.37. The normalized spacial score (nSPS) is 31.1. The van der Waals surface area contributed by atoms with Crippen molar-refractivity contribution in [3.05, 3.63) is 0 Å². The van der Waals surface area contributed by atoms with Crippen molar-refractivity contribution in [1.29, 1.82) is 0 Å². The third-order valence-corrected chi connectivity index (χ3v) is 3.77. The second-order valence-electron chi connectivity index (χ2n) is 4.45. The average Bonchev–Trinajstić information content (AvgIpc) is 2.01. The molecular weight excluding hydrogens is 204 g/mol. The minimum Gasteiger partial charge on any atom is -0.392 e. The summed E-state index contributed by atoms with van der Waals surface area (Å²) in [5.41, 5.74) is -0.168. The number of aliphatic hydroxyl groups is 1. The van der Waals surface area contributed by atoms with E-state index in [1.165, 1.54) is 0 Å². The molecular formula is C8H18N2O3S. The van der Waals surface area contributed by atoms with Gasteiger partial charge in [-0.25, -0.2) is 13.6 Å².